The second-order valence-corrected chi connectivity index (χ2v) is 1.98. The Labute approximate surface area is 67.0 Å². The molecule has 0 aromatic heterocycles. The number of amides is 1. The van der Waals surface area contributed by atoms with Crippen molar-refractivity contribution < 1.29 is 14.4 Å². The van der Waals surface area contributed by atoms with E-state index in [1.807, 2.05) is 6.92 Å². The molecule has 66 valence electrons. The Bertz CT molecular complexity index is 116. The molecule has 11 heavy (non-hydrogen) atoms. The van der Waals surface area contributed by atoms with Gasteiger partial charge in [0.1, 0.15) is 0 Å². The molecule has 0 radical (unpaired) electrons. The van der Waals surface area contributed by atoms with Crippen molar-refractivity contribution in [2.24, 2.45) is 0 Å². The molecule has 0 saturated heterocycles. The molecule has 0 aliphatic carbocycles. The van der Waals surface area contributed by atoms with E-state index in [1.165, 1.54) is 12.2 Å². The lowest BCUT2D eigenvalue weighted by atomic mass is 10.5. The minimum atomic E-state index is -0.420. The molecule has 0 aromatic carbocycles. The van der Waals surface area contributed by atoms with E-state index in [0.29, 0.717) is 13.2 Å². The summed E-state index contributed by atoms with van der Waals surface area (Å²) in [7, 11) is 1.45. The number of hydroxylamine groups is 2. The Morgan fingerprint density at radius 3 is 2.45 bits per heavy atom. The molecule has 0 heterocycles. The molecule has 0 bridgehead atoms. The summed E-state index contributed by atoms with van der Waals surface area (Å²) >= 11 is 0. The van der Waals surface area contributed by atoms with Gasteiger partial charge in [0.2, 0.25) is 0 Å². The van der Waals surface area contributed by atoms with Crippen LogP contribution in [0.4, 0.5) is 4.79 Å². The standard InChI is InChI=1S/C7H15NO3/c1-4-6-8(10-3)7(9)11-5-2/h4-6H2,1-3H3. The highest BCUT2D eigenvalue weighted by Gasteiger charge is 2.11. The van der Waals surface area contributed by atoms with Crippen molar-refractivity contribution >= 4 is 6.09 Å². The molecule has 4 heteroatoms. The molecule has 0 aliphatic rings. The summed E-state index contributed by atoms with van der Waals surface area (Å²) in [6.07, 6.45) is 0.434. The molecule has 0 rings (SSSR count). The maximum atomic E-state index is 10.9. The largest absolute Gasteiger partial charge is 0.448 e. The van der Waals surface area contributed by atoms with Crippen LogP contribution in [0, 0.1) is 0 Å². The summed E-state index contributed by atoms with van der Waals surface area (Å²) in [5.74, 6) is 0. The van der Waals surface area contributed by atoms with E-state index in [4.69, 9.17) is 9.57 Å². The van der Waals surface area contributed by atoms with Crippen molar-refractivity contribution in [1.29, 1.82) is 0 Å². The van der Waals surface area contributed by atoms with Crippen LogP contribution in [0.2, 0.25) is 0 Å². The maximum absolute atomic E-state index is 10.9. The average molecular weight is 161 g/mol. The third kappa shape index (κ3) is 3.83. The lowest BCUT2D eigenvalue weighted by molar-refractivity contribution is -0.109. The first-order valence-corrected chi connectivity index (χ1v) is 3.74. The summed E-state index contributed by atoms with van der Waals surface area (Å²) in [6.45, 7) is 4.67. The number of hydrogen-bond donors (Lipinski definition) is 0. The molecule has 0 spiro atoms. The summed E-state index contributed by atoms with van der Waals surface area (Å²) in [4.78, 5) is 15.7. The fourth-order valence-corrected chi connectivity index (χ4v) is 0.656. The van der Waals surface area contributed by atoms with Gasteiger partial charge in [-0.25, -0.2) is 4.79 Å². The van der Waals surface area contributed by atoms with Crippen molar-refractivity contribution in [3.8, 4) is 0 Å². The maximum Gasteiger partial charge on any atom is 0.433 e. The van der Waals surface area contributed by atoms with Crippen LogP contribution in [0.15, 0.2) is 0 Å². The molecule has 4 nitrogen and oxygen atoms in total. The first-order chi connectivity index (χ1) is 5.26. The Morgan fingerprint density at radius 2 is 2.09 bits per heavy atom. The number of hydrogen-bond acceptors (Lipinski definition) is 3. The molecule has 0 atom stereocenters. The third-order valence-electron chi connectivity index (χ3n) is 1.12. The van der Waals surface area contributed by atoms with E-state index in [2.05, 4.69) is 0 Å². The van der Waals surface area contributed by atoms with Crippen LogP contribution in [0.3, 0.4) is 0 Å². The van der Waals surface area contributed by atoms with E-state index in [-0.39, 0.29) is 0 Å². The zero-order valence-corrected chi connectivity index (χ0v) is 7.29. The molecule has 1 amide bonds. The van der Waals surface area contributed by atoms with Crippen molar-refractivity contribution in [2.45, 2.75) is 20.3 Å². The van der Waals surface area contributed by atoms with E-state index in [1.54, 1.807) is 6.92 Å². The number of carbonyl (C=O) groups is 1. The zero-order valence-electron chi connectivity index (χ0n) is 7.29. The molecule has 0 unspecified atom stereocenters. The van der Waals surface area contributed by atoms with Gasteiger partial charge in [0.25, 0.3) is 0 Å². The second kappa shape index (κ2) is 5.97. The normalized spacial score (nSPS) is 9.36. The van der Waals surface area contributed by atoms with Crippen LogP contribution in [-0.4, -0.2) is 31.4 Å². The number of carbonyl (C=O) groups excluding carboxylic acids is 1. The molecule has 0 saturated carbocycles. The van der Waals surface area contributed by atoms with Crippen LogP contribution >= 0.6 is 0 Å². The van der Waals surface area contributed by atoms with Gasteiger partial charge in [-0.15, -0.1) is 0 Å². The Hall–Kier alpha value is -0.770. The Balaban J connectivity index is 3.71. The lowest BCUT2D eigenvalue weighted by Crippen LogP contribution is -2.31. The van der Waals surface area contributed by atoms with Gasteiger partial charge in [0, 0.05) is 0 Å². The topological polar surface area (TPSA) is 38.8 Å². The Kier molecular flexibility index (Phi) is 5.56. The van der Waals surface area contributed by atoms with Crippen LogP contribution in [-0.2, 0) is 9.57 Å². The van der Waals surface area contributed by atoms with Crippen LogP contribution in [0.5, 0.6) is 0 Å². The summed E-state index contributed by atoms with van der Waals surface area (Å²) in [5.41, 5.74) is 0. The molecule has 0 aromatic rings. The van der Waals surface area contributed by atoms with Crippen molar-refractivity contribution in [3.05, 3.63) is 0 Å². The highest BCUT2D eigenvalue weighted by atomic mass is 16.7. The number of rotatable bonds is 4. The number of ether oxygens (including phenoxy) is 1. The van der Waals surface area contributed by atoms with Crippen molar-refractivity contribution in [3.63, 3.8) is 0 Å². The Morgan fingerprint density at radius 1 is 1.45 bits per heavy atom. The van der Waals surface area contributed by atoms with E-state index in [9.17, 15) is 4.79 Å². The van der Waals surface area contributed by atoms with E-state index < -0.39 is 6.09 Å². The SMILES string of the molecule is CCCN(OC)C(=O)OCC. The van der Waals surface area contributed by atoms with Crippen molar-refractivity contribution in [1.82, 2.24) is 5.06 Å². The molecule has 0 aliphatic heterocycles. The molecule has 0 fully saturated rings. The molecular weight excluding hydrogens is 146 g/mol. The average Bonchev–Trinajstić information content (AvgIpc) is 2.00. The van der Waals surface area contributed by atoms with E-state index in [0.717, 1.165) is 6.42 Å². The summed E-state index contributed by atoms with van der Waals surface area (Å²) in [5, 5.41) is 1.20. The van der Waals surface area contributed by atoms with Gasteiger partial charge in [0.05, 0.1) is 20.3 Å². The van der Waals surface area contributed by atoms with Crippen molar-refractivity contribution in [2.75, 3.05) is 20.3 Å². The predicted molar refractivity (Wildman–Crippen MR) is 41.0 cm³/mol. The number of nitrogens with zero attached hydrogens (tertiary/aromatic N) is 1. The summed E-state index contributed by atoms with van der Waals surface area (Å²) in [6, 6.07) is 0. The minimum absolute atomic E-state index is 0.377. The first kappa shape index (κ1) is 10.2. The summed E-state index contributed by atoms with van der Waals surface area (Å²) < 4.78 is 4.71. The first-order valence-electron chi connectivity index (χ1n) is 3.74. The highest BCUT2D eigenvalue weighted by molar-refractivity contribution is 5.66. The predicted octanol–water partition coefficient (Wildman–Crippen LogP) is 1.42. The highest BCUT2D eigenvalue weighted by Crippen LogP contribution is 1.95. The van der Waals surface area contributed by atoms with Gasteiger partial charge >= 0.3 is 6.09 Å². The van der Waals surface area contributed by atoms with Gasteiger partial charge in [0.15, 0.2) is 0 Å². The van der Waals surface area contributed by atoms with Gasteiger partial charge in [-0.05, 0) is 13.3 Å². The van der Waals surface area contributed by atoms with Gasteiger partial charge < -0.3 is 4.74 Å². The van der Waals surface area contributed by atoms with Crippen LogP contribution in [0.1, 0.15) is 20.3 Å². The third-order valence-corrected chi connectivity index (χ3v) is 1.12. The second-order valence-electron chi connectivity index (χ2n) is 1.98. The van der Waals surface area contributed by atoms with Gasteiger partial charge in [-0.2, -0.15) is 5.06 Å². The molecular formula is C7H15NO3. The quantitative estimate of drug-likeness (QED) is 0.585. The van der Waals surface area contributed by atoms with E-state index >= 15 is 0 Å². The fraction of sp³-hybridized carbons (Fsp3) is 0.857. The smallest absolute Gasteiger partial charge is 0.433 e. The van der Waals surface area contributed by atoms with Gasteiger partial charge in [-0.1, -0.05) is 6.92 Å². The zero-order chi connectivity index (χ0) is 8.69. The monoisotopic (exact) mass is 161 g/mol. The van der Waals surface area contributed by atoms with Crippen LogP contribution < -0.4 is 0 Å². The van der Waals surface area contributed by atoms with Gasteiger partial charge in [-0.3, -0.25) is 4.84 Å². The van der Waals surface area contributed by atoms with Crippen LogP contribution in [0.25, 0.3) is 0 Å². The fourth-order valence-electron chi connectivity index (χ4n) is 0.656. The minimum Gasteiger partial charge on any atom is -0.448 e. The lowest BCUT2D eigenvalue weighted by Gasteiger charge is -2.17. The molecule has 0 N–H and O–H groups in total.